The van der Waals surface area contributed by atoms with Gasteiger partial charge in [-0.15, -0.1) is 0 Å². The maximum absolute atomic E-state index is 12.2. The molecular formula is C14H14BrN3O3. The average Bonchev–Trinajstić information content (AvgIpc) is 2.44. The lowest BCUT2D eigenvalue weighted by molar-refractivity contribution is 0.102. The van der Waals surface area contributed by atoms with Crippen LogP contribution in [0.1, 0.15) is 15.9 Å². The van der Waals surface area contributed by atoms with Crippen LogP contribution in [0, 0.1) is 6.92 Å². The minimum Gasteiger partial charge on any atom is -0.322 e. The van der Waals surface area contributed by atoms with Crippen LogP contribution in [-0.2, 0) is 14.1 Å². The Morgan fingerprint density at radius 1 is 1.24 bits per heavy atom. The van der Waals surface area contributed by atoms with Gasteiger partial charge in [-0.3, -0.25) is 14.2 Å². The second-order valence-corrected chi connectivity index (χ2v) is 5.57. The minimum absolute atomic E-state index is 0.0868. The fourth-order valence-corrected chi connectivity index (χ4v) is 2.21. The lowest BCUT2D eigenvalue weighted by Crippen LogP contribution is -2.40. The summed E-state index contributed by atoms with van der Waals surface area (Å²) in [5.41, 5.74) is 0.409. The molecule has 21 heavy (non-hydrogen) atoms. The Hall–Kier alpha value is -2.15. The van der Waals surface area contributed by atoms with Crippen LogP contribution in [0.25, 0.3) is 0 Å². The van der Waals surface area contributed by atoms with Crippen molar-refractivity contribution in [3.8, 4) is 0 Å². The van der Waals surface area contributed by atoms with Crippen molar-refractivity contribution in [1.29, 1.82) is 0 Å². The van der Waals surface area contributed by atoms with E-state index < -0.39 is 17.2 Å². The summed E-state index contributed by atoms with van der Waals surface area (Å²) in [6.45, 7) is 1.93. The summed E-state index contributed by atoms with van der Waals surface area (Å²) in [4.78, 5) is 35.8. The van der Waals surface area contributed by atoms with E-state index in [1.54, 1.807) is 12.1 Å². The van der Waals surface area contributed by atoms with E-state index in [1.807, 2.05) is 13.0 Å². The normalized spacial score (nSPS) is 10.5. The Morgan fingerprint density at radius 2 is 1.90 bits per heavy atom. The summed E-state index contributed by atoms with van der Waals surface area (Å²) >= 11 is 3.38. The Labute approximate surface area is 129 Å². The molecular weight excluding hydrogens is 338 g/mol. The highest BCUT2D eigenvalue weighted by molar-refractivity contribution is 9.10. The molecule has 0 saturated carbocycles. The van der Waals surface area contributed by atoms with Crippen molar-refractivity contribution in [3.05, 3.63) is 60.8 Å². The Balaban J connectivity index is 2.39. The van der Waals surface area contributed by atoms with Gasteiger partial charge in [0.1, 0.15) is 5.56 Å². The molecule has 0 fully saturated rings. The number of aryl methyl sites for hydroxylation is 2. The maximum Gasteiger partial charge on any atom is 0.330 e. The summed E-state index contributed by atoms with van der Waals surface area (Å²) in [5.74, 6) is -0.554. The zero-order chi connectivity index (χ0) is 15.7. The zero-order valence-corrected chi connectivity index (χ0v) is 13.4. The number of halogens is 1. The first kappa shape index (κ1) is 15.2. The van der Waals surface area contributed by atoms with E-state index in [2.05, 4.69) is 21.2 Å². The Kier molecular flexibility index (Phi) is 4.13. The predicted molar refractivity (Wildman–Crippen MR) is 83.8 cm³/mol. The molecule has 110 valence electrons. The molecule has 0 aliphatic carbocycles. The summed E-state index contributed by atoms with van der Waals surface area (Å²) in [6.07, 6.45) is 1.24. The number of amides is 1. The molecule has 2 aromatic rings. The summed E-state index contributed by atoms with van der Waals surface area (Å²) < 4.78 is 2.95. The average molecular weight is 352 g/mol. The molecule has 0 bridgehead atoms. The number of nitrogens with zero attached hydrogens (tertiary/aromatic N) is 2. The van der Waals surface area contributed by atoms with Crippen molar-refractivity contribution in [2.24, 2.45) is 14.1 Å². The molecule has 1 aromatic carbocycles. The van der Waals surface area contributed by atoms with Crippen molar-refractivity contribution in [2.45, 2.75) is 6.92 Å². The number of benzene rings is 1. The minimum atomic E-state index is -0.623. The molecule has 1 N–H and O–H groups in total. The van der Waals surface area contributed by atoms with Crippen LogP contribution < -0.4 is 16.6 Å². The van der Waals surface area contributed by atoms with Gasteiger partial charge in [0, 0.05) is 30.5 Å². The third-order valence-corrected chi connectivity index (χ3v) is 3.98. The van der Waals surface area contributed by atoms with Gasteiger partial charge < -0.3 is 9.88 Å². The van der Waals surface area contributed by atoms with Crippen LogP contribution in [0.2, 0.25) is 0 Å². The van der Waals surface area contributed by atoms with Crippen molar-refractivity contribution in [1.82, 2.24) is 9.13 Å². The van der Waals surface area contributed by atoms with Gasteiger partial charge in [0.2, 0.25) is 0 Å². The van der Waals surface area contributed by atoms with Crippen LogP contribution in [0.15, 0.2) is 38.5 Å². The molecule has 7 heteroatoms. The SMILES string of the molecule is Cc1ccc(NC(=O)c2cn(C)c(=O)n(C)c2=O)cc1Br. The van der Waals surface area contributed by atoms with Crippen molar-refractivity contribution < 1.29 is 4.79 Å². The monoisotopic (exact) mass is 351 g/mol. The van der Waals surface area contributed by atoms with Gasteiger partial charge in [-0.1, -0.05) is 22.0 Å². The van der Waals surface area contributed by atoms with Crippen LogP contribution in [-0.4, -0.2) is 15.0 Å². The zero-order valence-electron chi connectivity index (χ0n) is 11.8. The molecule has 0 unspecified atom stereocenters. The summed E-state index contributed by atoms with van der Waals surface area (Å²) in [7, 11) is 2.82. The van der Waals surface area contributed by atoms with Gasteiger partial charge in [0.25, 0.3) is 11.5 Å². The smallest absolute Gasteiger partial charge is 0.322 e. The molecule has 0 radical (unpaired) electrons. The number of hydrogen-bond acceptors (Lipinski definition) is 3. The third kappa shape index (κ3) is 2.97. The highest BCUT2D eigenvalue weighted by atomic mass is 79.9. The predicted octanol–water partition coefficient (Wildman–Crippen LogP) is 1.41. The van der Waals surface area contributed by atoms with E-state index in [0.717, 1.165) is 14.6 Å². The number of carbonyl (C=O) groups excluding carboxylic acids is 1. The molecule has 0 aliphatic rings. The quantitative estimate of drug-likeness (QED) is 0.888. The number of carbonyl (C=O) groups is 1. The van der Waals surface area contributed by atoms with E-state index in [9.17, 15) is 14.4 Å². The lowest BCUT2D eigenvalue weighted by Gasteiger charge is -2.09. The van der Waals surface area contributed by atoms with E-state index in [4.69, 9.17) is 0 Å². The molecule has 0 saturated heterocycles. The number of nitrogens with one attached hydrogen (secondary N) is 1. The molecule has 2 rings (SSSR count). The van der Waals surface area contributed by atoms with Gasteiger partial charge in [-0.2, -0.15) is 0 Å². The van der Waals surface area contributed by atoms with Gasteiger partial charge >= 0.3 is 5.69 Å². The van der Waals surface area contributed by atoms with Gasteiger partial charge in [0.15, 0.2) is 0 Å². The molecule has 0 atom stereocenters. The van der Waals surface area contributed by atoms with Gasteiger partial charge in [-0.25, -0.2) is 4.79 Å². The van der Waals surface area contributed by atoms with Gasteiger partial charge in [0.05, 0.1) is 0 Å². The molecule has 1 aromatic heterocycles. The fraction of sp³-hybridized carbons (Fsp3) is 0.214. The molecule has 1 heterocycles. The summed E-state index contributed by atoms with van der Waals surface area (Å²) in [6, 6.07) is 5.34. The second kappa shape index (κ2) is 5.69. The Bertz CT molecular complexity index is 836. The molecule has 0 spiro atoms. The second-order valence-electron chi connectivity index (χ2n) is 4.72. The number of anilines is 1. The van der Waals surface area contributed by atoms with Gasteiger partial charge in [-0.05, 0) is 24.6 Å². The van der Waals surface area contributed by atoms with E-state index >= 15 is 0 Å². The number of aromatic nitrogens is 2. The molecule has 6 nitrogen and oxygen atoms in total. The number of hydrogen-bond donors (Lipinski definition) is 1. The van der Waals surface area contributed by atoms with Crippen LogP contribution in [0.4, 0.5) is 5.69 Å². The van der Waals surface area contributed by atoms with E-state index in [-0.39, 0.29) is 5.56 Å². The van der Waals surface area contributed by atoms with Crippen molar-refractivity contribution in [2.75, 3.05) is 5.32 Å². The van der Waals surface area contributed by atoms with Crippen molar-refractivity contribution in [3.63, 3.8) is 0 Å². The first-order chi connectivity index (χ1) is 9.81. The maximum atomic E-state index is 12.2. The highest BCUT2D eigenvalue weighted by Crippen LogP contribution is 2.20. The topological polar surface area (TPSA) is 73.1 Å². The van der Waals surface area contributed by atoms with Crippen molar-refractivity contribution >= 4 is 27.5 Å². The first-order valence-electron chi connectivity index (χ1n) is 6.15. The largest absolute Gasteiger partial charge is 0.330 e. The lowest BCUT2D eigenvalue weighted by atomic mass is 10.2. The molecule has 0 aliphatic heterocycles. The van der Waals surface area contributed by atoms with E-state index in [1.165, 1.54) is 24.9 Å². The standard InChI is InChI=1S/C14H14BrN3O3/c1-8-4-5-9(6-11(8)15)16-12(19)10-7-17(2)14(21)18(3)13(10)20/h4-7H,1-3H3,(H,16,19). The summed E-state index contributed by atoms with van der Waals surface area (Å²) in [5, 5.41) is 2.64. The highest BCUT2D eigenvalue weighted by Gasteiger charge is 2.15. The number of rotatable bonds is 2. The van der Waals surface area contributed by atoms with Crippen LogP contribution in [0.3, 0.4) is 0 Å². The molecule has 1 amide bonds. The first-order valence-corrected chi connectivity index (χ1v) is 6.94. The fourth-order valence-electron chi connectivity index (χ4n) is 1.83. The van der Waals surface area contributed by atoms with Crippen LogP contribution >= 0.6 is 15.9 Å². The third-order valence-electron chi connectivity index (χ3n) is 3.12. The van der Waals surface area contributed by atoms with E-state index in [0.29, 0.717) is 5.69 Å². The Morgan fingerprint density at radius 3 is 2.52 bits per heavy atom. The van der Waals surface area contributed by atoms with Crippen LogP contribution in [0.5, 0.6) is 0 Å².